The van der Waals surface area contributed by atoms with Crippen LogP contribution in [0.3, 0.4) is 0 Å². The Labute approximate surface area is 111 Å². The fourth-order valence-corrected chi connectivity index (χ4v) is 1.75. The molecule has 1 aromatic carbocycles. The molecule has 1 N–H and O–H groups in total. The molecular weight excluding hydrogens is 191 g/mol. The van der Waals surface area contributed by atoms with Crippen molar-refractivity contribution in [3.63, 3.8) is 0 Å². The predicted octanol–water partition coefficient (Wildman–Crippen LogP) is 3.34. The van der Waals surface area contributed by atoms with E-state index in [9.17, 15) is 5.11 Å². The van der Waals surface area contributed by atoms with E-state index in [4.69, 9.17) is 0 Å². The van der Waals surface area contributed by atoms with Crippen LogP contribution in [0.15, 0.2) is 18.2 Å². The Kier molecular flexibility index (Phi) is 4.74. The van der Waals surface area contributed by atoms with E-state index in [1.165, 1.54) is 0 Å². The van der Waals surface area contributed by atoms with Crippen molar-refractivity contribution in [2.24, 2.45) is 0 Å². The molecule has 0 spiro atoms. The summed E-state index contributed by atoms with van der Waals surface area (Å²) in [4.78, 5) is 0. The second-order valence-corrected chi connectivity index (χ2v) is 6.20. The molecule has 16 heavy (non-hydrogen) atoms. The molecular formula is C14H23LiO. The van der Waals surface area contributed by atoms with E-state index in [1.54, 1.807) is 0 Å². The minimum absolute atomic E-state index is 0. The third-order valence-corrected chi connectivity index (χ3v) is 2.65. The van der Waals surface area contributed by atoms with Gasteiger partial charge in [0.2, 0.25) is 0 Å². The summed E-state index contributed by atoms with van der Waals surface area (Å²) in [7, 11) is 0. The van der Waals surface area contributed by atoms with Gasteiger partial charge in [0.05, 0.1) is 0 Å². The maximum absolute atomic E-state index is 10.3. The number of hydrogen-bond donors (Lipinski definition) is 1. The summed E-state index contributed by atoms with van der Waals surface area (Å²) >= 11 is 0. The van der Waals surface area contributed by atoms with Crippen molar-refractivity contribution in [2.45, 2.75) is 52.4 Å². The maximum atomic E-state index is 10.3. The topological polar surface area (TPSA) is 20.2 Å². The van der Waals surface area contributed by atoms with Gasteiger partial charge in [-0.15, -0.1) is 0 Å². The molecule has 0 bridgehead atoms. The van der Waals surface area contributed by atoms with Crippen molar-refractivity contribution in [3.8, 4) is 5.75 Å². The molecule has 1 rings (SSSR count). The van der Waals surface area contributed by atoms with Crippen molar-refractivity contribution in [3.05, 3.63) is 29.3 Å². The summed E-state index contributed by atoms with van der Waals surface area (Å²) in [5.74, 6) is 0.456. The van der Waals surface area contributed by atoms with Crippen molar-refractivity contribution < 1.29 is 5.11 Å². The number of benzene rings is 1. The zero-order valence-corrected chi connectivity index (χ0v) is 10.7. The van der Waals surface area contributed by atoms with Gasteiger partial charge in [-0.2, -0.15) is 0 Å². The third kappa shape index (κ3) is 3.30. The molecule has 1 nitrogen and oxygen atoms in total. The van der Waals surface area contributed by atoms with Crippen molar-refractivity contribution in [1.29, 1.82) is 0 Å². The van der Waals surface area contributed by atoms with Crippen LogP contribution in [0, 0.1) is 0 Å². The monoisotopic (exact) mass is 214 g/mol. The molecule has 0 amide bonds. The van der Waals surface area contributed by atoms with Crippen molar-refractivity contribution >= 4 is 18.9 Å². The van der Waals surface area contributed by atoms with E-state index in [-0.39, 0.29) is 29.7 Å². The summed E-state index contributed by atoms with van der Waals surface area (Å²) < 4.78 is 0. The molecule has 0 atom stereocenters. The zero-order valence-electron chi connectivity index (χ0n) is 10.7. The van der Waals surface area contributed by atoms with Gasteiger partial charge in [0.1, 0.15) is 5.75 Å². The van der Waals surface area contributed by atoms with E-state index in [0.717, 1.165) is 11.1 Å². The molecule has 86 valence electrons. The Morgan fingerprint density at radius 1 is 0.812 bits per heavy atom. The Morgan fingerprint density at radius 3 is 1.38 bits per heavy atom. The average molecular weight is 214 g/mol. The van der Waals surface area contributed by atoms with Crippen molar-refractivity contribution in [2.75, 3.05) is 0 Å². The van der Waals surface area contributed by atoms with E-state index >= 15 is 0 Å². The van der Waals surface area contributed by atoms with Gasteiger partial charge in [-0.3, -0.25) is 0 Å². The van der Waals surface area contributed by atoms with Gasteiger partial charge < -0.3 is 5.11 Å². The van der Waals surface area contributed by atoms with Crippen molar-refractivity contribution in [1.82, 2.24) is 0 Å². The number of phenols is 1. The van der Waals surface area contributed by atoms with Crippen LogP contribution in [0.4, 0.5) is 0 Å². The fraction of sp³-hybridized carbons (Fsp3) is 0.571. The van der Waals surface area contributed by atoms with E-state index in [2.05, 4.69) is 41.5 Å². The zero-order chi connectivity index (χ0) is 11.9. The average Bonchev–Trinajstić information content (AvgIpc) is 1.99. The van der Waals surface area contributed by atoms with Gasteiger partial charge in [-0.25, -0.2) is 0 Å². The van der Waals surface area contributed by atoms with Gasteiger partial charge in [0.25, 0.3) is 0 Å². The first-order valence-corrected chi connectivity index (χ1v) is 5.47. The third-order valence-electron chi connectivity index (χ3n) is 2.65. The van der Waals surface area contributed by atoms with Gasteiger partial charge >= 0.3 is 18.9 Å². The molecule has 1 aromatic rings. The molecule has 0 aromatic heterocycles. The molecule has 0 aliphatic heterocycles. The van der Waals surface area contributed by atoms with Gasteiger partial charge in [-0.05, 0) is 22.0 Å². The molecule has 0 saturated heterocycles. The Morgan fingerprint density at radius 2 is 1.12 bits per heavy atom. The van der Waals surface area contributed by atoms with Crippen LogP contribution < -0.4 is 0 Å². The van der Waals surface area contributed by atoms with Crippen LogP contribution in [0.1, 0.15) is 52.7 Å². The molecule has 0 radical (unpaired) electrons. The van der Waals surface area contributed by atoms with Gasteiger partial charge in [-0.1, -0.05) is 59.7 Å². The number of rotatable bonds is 0. The predicted molar refractivity (Wildman–Crippen MR) is 72.7 cm³/mol. The molecule has 0 heterocycles. The van der Waals surface area contributed by atoms with Crippen LogP contribution in [0.2, 0.25) is 0 Å². The normalized spacial score (nSPS) is 12.1. The Hall–Kier alpha value is -0.383. The quantitative estimate of drug-likeness (QED) is 0.657. The Bertz CT molecular complexity index is 324. The number of hydrogen-bond acceptors (Lipinski definition) is 1. The molecule has 0 aliphatic carbocycles. The molecule has 0 fully saturated rings. The van der Waals surface area contributed by atoms with Crippen LogP contribution in [0.25, 0.3) is 0 Å². The summed E-state index contributed by atoms with van der Waals surface area (Å²) in [6, 6.07) is 6.04. The Balaban J connectivity index is 0.00000225. The number of para-hydroxylation sites is 1. The summed E-state index contributed by atoms with van der Waals surface area (Å²) in [6.45, 7) is 12.7. The fourth-order valence-electron chi connectivity index (χ4n) is 1.75. The van der Waals surface area contributed by atoms with E-state index < -0.39 is 0 Å². The first-order chi connectivity index (χ1) is 6.64. The van der Waals surface area contributed by atoms with Crippen LogP contribution in [0.5, 0.6) is 5.75 Å². The standard InChI is InChI=1S/C14H22O.Li.H/c1-13(2,3)10-8-7-9-11(12(10)15)14(4,5)6;;/h7-9,15H,1-6H3;;. The second-order valence-electron chi connectivity index (χ2n) is 6.20. The summed E-state index contributed by atoms with van der Waals surface area (Å²) in [5, 5.41) is 10.3. The number of aromatic hydroxyl groups is 1. The van der Waals surface area contributed by atoms with Gasteiger partial charge in [0, 0.05) is 0 Å². The van der Waals surface area contributed by atoms with Crippen LogP contribution in [-0.2, 0) is 10.8 Å². The molecule has 0 saturated carbocycles. The molecule has 2 heteroatoms. The SMILES string of the molecule is CC(C)(C)c1cccc(C(C)(C)C)c1O.[LiH]. The van der Waals surface area contributed by atoms with Gasteiger partial charge in [0.15, 0.2) is 0 Å². The molecule has 0 unspecified atom stereocenters. The summed E-state index contributed by atoms with van der Waals surface area (Å²) in [6.07, 6.45) is 0. The first-order valence-electron chi connectivity index (χ1n) is 5.47. The van der Waals surface area contributed by atoms with Crippen LogP contribution in [-0.4, -0.2) is 24.0 Å². The summed E-state index contributed by atoms with van der Waals surface area (Å²) in [5.41, 5.74) is 2.03. The van der Waals surface area contributed by atoms with E-state index in [0.29, 0.717) is 5.75 Å². The number of phenolic OH excluding ortho intramolecular Hbond substituents is 1. The first kappa shape index (κ1) is 15.6. The molecule has 0 aliphatic rings. The van der Waals surface area contributed by atoms with E-state index in [1.807, 2.05) is 18.2 Å². The second kappa shape index (κ2) is 4.86. The minimum atomic E-state index is -0.00859. The van der Waals surface area contributed by atoms with Crippen LogP contribution >= 0.6 is 0 Å².